The zero-order valence-electron chi connectivity index (χ0n) is 15.3. The Hall–Kier alpha value is -2.92. The highest BCUT2D eigenvalue weighted by molar-refractivity contribution is 6.07. The number of benzene rings is 1. The van der Waals surface area contributed by atoms with E-state index in [2.05, 4.69) is 50.2 Å². The predicted octanol–water partition coefficient (Wildman–Crippen LogP) is 4.35. The van der Waals surface area contributed by atoms with Crippen molar-refractivity contribution >= 4 is 27.8 Å². The van der Waals surface area contributed by atoms with Crippen molar-refractivity contribution in [3.8, 4) is 11.1 Å². The summed E-state index contributed by atoms with van der Waals surface area (Å²) in [6, 6.07) is 12.9. The standard InChI is InChI=1S/C22H23N5/c23-21-11-18-19-10-17(12-25-22(19)26-20(18)13-24-21)16-6-4-5-15(9-16)14-27-7-2-1-3-8-27/h4-6,9-13H,1-3,7-8,14H2,(H2,23,24)(H,25,26). The van der Waals surface area contributed by atoms with Gasteiger partial charge in [0.2, 0.25) is 0 Å². The van der Waals surface area contributed by atoms with Crippen molar-refractivity contribution in [3.63, 3.8) is 0 Å². The third kappa shape index (κ3) is 3.15. The van der Waals surface area contributed by atoms with E-state index in [0.29, 0.717) is 5.82 Å². The van der Waals surface area contributed by atoms with Gasteiger partial charge in [0.05, 0.1) is 11.7 Å². The van der Waals surface area contributed by atoms with E-state index in [9.17, 15) is 0 Å². The first kappa shape index (κ1) is 16.3. The molecular weight excluding hydrogens is 334 g/mol. The molecule has 0 radical (unpaired) electrons. The number of H-pyrrole nitrogens is 1. The van der Waals surface area contributed by atoms with Gasteiger partial charge in [0, 0.05) is 29.1 Å². The van der Waals surface area contributed by atoms with Gasteiger partial charge in [0.25, 0.3) is 0 Å². The number of nitrogens with two attached hydrogens (primary N) is 1. The molecule has 0 amide bonds. The number of aromatic nitrogens is 3. The normalized spacial score (nSPS) is 15.6. The average Bonchev–Trinajstić information content (AvgIpc) is 3.06. The van der Waals surface area contributed by atoms with E-state index >= 15 is 0 Å². The van der Waals surface area contributed by atoms with Crippen LogP contribution in [0.3, 0.4) is 0 Å². The van der Waals surface area contributed by atoms with Crippen LogP contribution < -0.4 is 5.73 Å². The van der Waals surface area contributed by atoms with Gasteiger partial charge < -0.3 is 10.7 Å². The van der Waals surface area contributed by atoms with Crippen LogP contribution in [0.4, 0.5) is 5.82 Å². The molecule has 0 spiro atoms. The number of pyridine rings is 2. The Morgan fingerprint density at radius 1 is 0.926 bits per heavy atom. The molecule has 0 unspecified atom stereocenters. The van der Waals surface area contributed by atoms with E-state index < -0.39 is 0 Å². The fourth-order valence-corrected chi connectivity index (χ4v) is 4.07. The maximum absolute atomic E-state index is 5.88. The molecule has 3 N–H and O–H groups in total. The zero-order valence-corrected chi connectivity index (χ0v) is 15.3. The number of hydrogen-bond donors (Lipinski definition) is 2. The number of rotatable bonds is 3. The number of nitrogens with zero attached hydrogens (tertiary/aromatic N) is 3. The Morgan fingerprint density at radius 2 is 1.81 bits per heavy atom. The van der Waals surface area contributed by atoms with Crippen LogP contribution in [-0.4, -0.2) is 32.9 Å². The molecule has 5 rings (SSSR count). The van der Waals surface area contributed by atoms with Crippen LogP contribution in [0.5, 0.6) is 0 Å². The minimum atomic E-state index is 0.525. The van der Waals surface area contributed by atoms with Gasteiger partial charge in [-0.3, -0.25) is 4.90 Å². The molecule has 3 aromatic heterocycles. The first-order valence-electron chi connectivity index (χ1n) is 9.61. The summed E-state index contributed by atoms with van der Waals surface area (Å²) in [6.07, 6.45) is 7.71. The number of likely N-dealkylation sites (tertiary alicyclic amines) is 1. The minimum absolute atomic E-state index is 0.525. The number of fused-ring (bicyclic) bond motifs is 3. The molecule has 136 valence electrons. The Balaban J connectivity index is 1.52. The molecular formula is C22H23N5. The minimum Gasteiger partial charge on any atom is -0.384 e. The smallest absolute Gasteiger partial charge is 0.138 e. The van der Waals surface area contributed by atoms with Crippen molar-refractivity contribution in [1.82, 2.24) is 19.9 Å². The van der Waals surface area contributed by atoms with Crippen LogP contribution in [0.25, 0.3) is 33.1 Å². The highest BCUT2D eigenvalue weighted by Gasteiger charge is 2.12. The van der Waals surface area contributed by atoms with E-state index in [0.717, 1.165) is 34.0 Å². The van der Waals surface area contributed by atoms with Crippen molar-refractivity contribution in [1.29, 1.82) is 0 Å². The fraction of sp³-hybridized carbons (Fsp3) is 0.273. The topological polar surface area (TPSA) is 70.8 Å². The molecule has 4 aromatic rings. The fourth-order valence-electron chi connectivity index (χ4n) is 4.07. The second-order valence-electron chi connectivity index (χ2n) is 7.44. The van der Waals surface area contributed by atoms with Crippen LogP contribution in [0, 0.1) is 0 Å². The van der Waals surface area contributed by atoms with Gasteiger partial charge in [-0.2, -0.15) is 0 Å². The molecule has 0 aliphatic carbocycles. The maximum Gasteiger partial charge on any atom is 0.138 e. The van der Waals surface area contributed by atoms with Gasteiger partial charge in [0.1, 0.15) is 11.5 Å². The highest BCUT2D eigenvalue weighted by Crippen LogP contribution is 2.29. The first-order valence-corrected chi connectivity index (χ1v) is 9.61. The summed E-state index contributed by atoms with van der Waals surface area (Å²) in [5, 5.41) is 2.15. The highest BCUT2D eigenvalue weighted by atomic mass is 15.1. The Kier molecular flexibility index (Phi) is 4.02. The number of anilines is 1. The summed E-state index contributed by atoms with van der Waals surface area (Å²) in [7, 11) is 0. The molecule has 27 heavy (non-hydrogen) atoms. The van der Waals surface area contributed by atoms with Crippen molar-refractivity contribution in [3.05, 3.63) is 54.4 Å². The molecule has 0 bridgehead atoms. The maximum atomic E-state index is 5.88. The lowest BCUT2D eigenvalue weighted by atomic mass is 10.0. The van der Waals surface area contributed by atoms with Gasteiger partial charge in [0.15, 0.2) is 0 Å². The Morgan fingerprint density at radius 3 is 2.70 bits per heavy atom. The number of nitrogens with one attached hydrogen (secondary N) is 1. The lowest BCUT2D eigenvalue weighted by Crippen LogP contribution is -2.29. The second-order valence-corrected chi connectivity index (χ2v) is 7.44. The molecule has 5 heteroatoms. The lowest BCUT2D eigenvalue weighted by Gasteiger charge is -2.26. The van der Waals surface area contributed by atoms with Crippen LogP contribution >= 0.6 is 0 Å². The number of nitrogen functional groups attached to an aromatic ring is 1. The van der Waals surface area contributed by atoms with Gasteiger partial charge in [-0.1, -0.05) is 24.6 Å². The number of piperidine rings is 1. The van der Waals surface area contributed by atoms with Crippen LogP contribution in [-0.2, 0) is 6.54 Å². The molecule has 1 saturated heterocycles. The molecule has 4 heterocycles. The second kappa shape index (κ2) is 6.67. The van der Waals surface area contributed by atoms with Crippen molar-refractivity contribution < 1.29 is 0 Å². The summed E-state index contributed by atoms with van der Waals surface area (Å²) in [5.74, 6) is 0.525. The van der Waals surface area contributed by atoms with Crippen LogP contribution in [0.15, 0.2) is 48.8 Å². The number of aromatic amines is 1. The molecule has 1 aliphatic rings. The monoisotopic (exact) mass is 357 g/mol. The Labute approximate surface area is 158 Å². The summed E-state index contributed by atoms with van der Waals surface area (Å²) >= 11 is 0. The van der Waals surface area contributed by atoms with Crippen molar-refractivity contribution in [2.45, 2.75) is 25.8 Å². The molecule has 1 aliphatic heterocycles. The van der Waals surface area contributed by atoms with Crippen molar-refractivity contribution in [2.75, 3.05) is 18.8 Å². The molecule has 5 nitrogen and oxygen atoms in total. The molecule has 0 atom stereocenters. The Bertz CT molecular complexity index is 1110. The average molecular weight is 357 g/mol. The lowest BCUT2D eigenvalue weighted by molar-refractivity contribution is 0.221. The summed E-state index contributed by atoms with van der Waals surface area (Å²) < 4.78 is 0. The van der Waals surface area contributed by atoms with E-state index in [1.807, 2.05) is 12.3 Å². The third-order valence-electron chi connectivity index (χ3n) is 5.47. The summed E-state index contributed by atoms with van der Waals surface area (Å²) in [6.45, 7) is 3.45. The first-order chi connectivity index (χ1) is 13.3. The third-order valence-corrected chi connectivity index (χ3v) is 5.47. The van der Waals surface area contributed by atoms with E-state index in [1.165, 1.54) is 43.5 Å². The predicted molar refractivity (Wildman–Crippen MR) is 110 cm³/mol. The van der Waals surface area contributed by atoms with E-state index in [4.69, 9.17) is 5.73 Å². The summed E-state index contributed by atoms with van der Waals surface area (Å²) in [5.41, 5.74) is 11.4. The summed E-state index contributed by atoms with van der Waals surface area (Å²) in [4.78, 5) is 14.7. The zero-order chi connectivity index (χ0) is 18.2. The van der Waals surface area contributed by atoms with E-state index in [1.54, 1.807) is 6.20 Å². The van der Waals surface area contributed by atoms with Crippen LogP contribution in [0.1, 0.15) is 24.8 Å². The van der Waals surface area contributed by atoms with Crippen molar-refractivity contribution in [2.24, 2.45) is 0 Å². The number of hydrogen-bond acceptors (Lipinski definition) is 4. The molecule has 0 saturated carbocycles. The largest absolute Gasteiger partial charge is 0.384 e. The quantitative estimate of drug-likeness (QED) is 0.572. The SMILES string of the molecule is Nc1cc2c(cn1)[nH]c1ncc(-c3cccc(CN4CCCCC4)c3)cc12. The van der Waals surface area contributed by atoms with Gasteiger partial charge >= 0.3 is 0 Å². The van der Waals surface area contributed by atoms with Gasteiger partial charge in [-0.25, -0.2) is 9.97 Å². The molecule has 1 aromatic carbocycles. The van der Waals surface area contributed by atoms with Gasteiger partial charge in [-0.15, -0.1) is 0 Å². The van der Waals surface area contributed by atoms with Crippen LogP contribution in [0.2, 0.25) is 0 Å². The van der Waals surface area contributed by atoms with E-state index in [-0.39, 0.29) is 0 Å². The molecule has 1 fully saturated rings. The van der Waals surface area contributed by atoms with Gasteiger partial charge in [-0.05, 0) is 55.3 Å².